The molecule has 0 aliphatic carbocycles. The molecule has 0 aliphatic heterocycles. The van der Waals surface area contributed by atoms with E-state index in [1.807, 2.05) is 24.3 Å². The summed E-state index contributed by atoms with van der Waals surface area (Å²) in [6.07, 6.45) is -0.119. The Hall–Kier alpha value is -1.82. The Kier molecular flexibility index (Phi) is 3.66. The Morgan fingerprint density at radius 3 is 2.89 bits per heavy atom. The van der Waals surface area contributed by atoms with Crippen molar-refractivity contribution in [3.8, 4) is 17.0 Å². The Balaban J connectivity index is 2.52. The maximum Gasteiger partial charge on any atom is 0.309 e. The standard InChI is InChI=1S/C12H11BrN2O3/c1-18-9-5-3-2-4-7(9)11-8(6-10(16)17)14-12(13)15-11/h2-5H,6H2,1H3,(H,14,15)(H,16,17). The molecule has 2 rings (SSSR count). The molecule has 0 bridgehead atoms. The number of rotatable bonds is 4. The first-order valence-electron chi connectivity index (χ1n) is 5.21. The number of methoxy groups -OCH3 is 1. The number of para-hydroxylation sites is 1. The number of aromatic nitrogens is 2. The molecule has 0 saturated carbocycles. The van der Waals surface area contributed by atoms with Crippen LogP contribution in [0, 0.1) is 0 Å². The number of hydrogen-bond donors (Lipinski definition) is 2. The Bertz CT molecular complexity index is 580. The highest BCUT2D eigenvalue weighted by atomic mass is 79.9. The first-order chi connectivity index (χ1) is 8.61. The predicted molar refractivity (Wildman–Crippen MR) is 69.6 cm³/mol. The van der Waals surface area contributed by atoms with Gasteiger partial charge in [0.25, 0.3) is 0 Å². The average Bonchev–Trinajstić information content (AvgIpc) is 2.69. The van der Waals surface area contributed by atoms with Gasteiger partial charge >= 0.3 is 5.97 Å². The monoisotopic (exact) mass is 310 g/mol. The summed E-state index contributed by atoms with van der Waals surface area (Å²) in [6, 6.07) is 7.35. The fourth-order valence-corrected chi connectivity index (χ4v) is 2.14. The van der Waals surface area contributed by atoms with Crippen molar-refractivity contribution in [1.29, 1.82) is 0 Å². The summed E-state index contributed by atoms with van der Waals surface area (Å²) >= 11 is 3.22. The van der Waals surface area contributed by atoms with Crippen molar-refractivity contribution in [1.82, 2.24) is 9.97 Å². The Morgan fingerprint density at radius 2 is 2.22 bits per heavy atom. The van der Waals surface area contributed by atoms with E-state index in [1.165, 1.54) is 0 Å². The zero-order chi connectivity index (χ0) is 13.1. The van der Waals surface area contributed by atoms with Gasteiger partial charge in [-0.25, -0.2) is 4.98 Å². The molecule has 1 aromatic heterocycles. The summed E-state index contributed by atoms with van der Waals surface area (Å²) in [5.41, 5.74) is 1.89. The maximum atomic E-state index is 10.8. The topological polar surface area (TPSA) is 75.2 Å². The number of nitrogens with one attached hydrogen (secondary N) is 1. The van der Waals surface area contributed by atoms with E-state index in [0.29, 0.717) is 21.9 Å². The highest BCUT2D eigenvalue weighted by Crippen LogP contribution is 2.31. The maximum absolute atomic E-state index is 10.8. The van der Waals surface area contributed by atoms with E-state index in [4.69, 9.17) is 9.84 Å². The normalized spacial score (nSPS) is 10.3. The molecule has 0 atom stereocenters. The summed E-state index contributed by atoms with van der Waals surface area (Å²) in [5.74, 6) is -0.259. The predicted octanol–water partition coefficient (Wildman–Crippen LogP) is 2.47. The highest BCUT2D eigenvalue weighted by Gasteiger charge is 2.16. The number of imidazole rings is 1. The van der Waals surface area contributed by atoms with Crippen LogP contribution in [0.15, 0.2) is 29.0 Å². The van der Waals surface area contributed by atoms with Crippen LogP contribution in [0.5, 0.6) is 5.75 Å². The van der Waals surface area contributed by atoms with Crippen molar-refractivity contribution in [2.24, 2.45) is 0 Å². The molecule has 0 radical (unpaired) electrons. The van der Waals surface area contributed by atoms with E-state index in [2.05, 4.69) is 25.9 Å². The van der Waals surface area contributed by atoms with Crippen molar-refractivity contribution in [3.63, 3.8) is 0 Å². The molecule has 1 heterocycles. The lowest BCUT2D eigenvalue weighted by Gasteiger charge is -2.06. The van der Waals surface area contributed by atoms with Crippen LogP contribution in [0.4, 0.5) is 0 Å². The van der Waals surface area contributed by atoms with Crippen molar-refractivity contribution < 1.29 is 14.6 Å². The number of halogens is 1. The van der Waals surface area contributed by atoms with E-state index in [1.54, 1.807) is 7.11 Å². The van der Waals surface area contributed by atoms with E-state index >= 15 is 0 Å². The smallest absolute Gasteiger partial charge is 0.309 e. The van der Waals surface area contributed by atoms with Crippen LogP contribution < -0.4 is 4.74 Å². The third-order valence-corrected chi connectivity index (χ3v) is 2.82. The lowest BCUT2D eigenvalue weighted by Crippen LogP contribution is -2.02. The van der Waals surface area contributed by atoms with Gasteiger partial charge in [-0.3, -0.25) is 4.79 Å². The number of aliphatic carboxylic acids is 1. The number of carboxylic acids is 1. The number of hydrogen-bond acceptors (Lipinski definition) is 3. The lowest BCUT2D eigenvalue weighted by atomic mass is 10.1. The Morgan fingerprint density at radius 1 is 1.50 bits per heavy atom. The first-order valence-corrected chi connectivity index (χ1v) is 6.00. The Labute approximate surface area is 112 Å². The molecule has 0 aliphatic rings. The first kappa shape index (κ1) is 12.6. The lowest BCUT2D eigenvalue weighted by molar-refractivity contribution is -0.136. The molecular weight excluding hydrogens is 300 g/mol. The van der Waals surface area contributed by atoms with Gasteiger partial charge in [-0.05, 0) is 28.1 Å². The molecule has 0 unspecified atom stereocenters. The fraction of sp³-hybridized carbons (Fsp3) is 0.167. The van der Waals surface area contributed by atoms with Gasteiger partial charge in [-0.2, -0.15) is 0 Å². The number of H-pyrrole nitrogens is 1. The molecule has 94 valence electrons. The number of benzene rings is 1. The second kappa shape index (κ2) is 5.22. The summed E-state index contributed by atoms with van der Waals surface area (Å²) < 4.78 is 5.75. The second-order valence-electron chi connectivity index (χ2n) is 3.63. The van der Waals surface area contributed by atoms with Gasteiger partial charge in [0.1, 0.15) is 5.75 Å². The molecule has 0 amide bonds. The molecular formula is C12H11BrN2O3. The minimum atomic E-state index is -0.915. The SMILES string of the molecule is COc1ccccc1-c1nc(Br)[nH]c1CC(=O)O. The molecule has 18 heavy (non-hydrogen) atoms. The van der Waals surface area contributed by atoms with Gasteiger partial charge in [0.05, 0.1) is 24.9 Å². The molecule has 0 fully saturated rings. The zero-order valence-electron chi connectivity index (χ0n) is 9.61. The minimum absolute atomic E-state index is 0.119. The van der Waals surface area contributed by atoms with Crippen LogP contribution in [-0.2, 0) is 11.2 Å². The van der Waals surface area contributed by atoms with E-state index in [-0.39, 0.29) is 6.42 Å². The van der Waals surface area contributed by atoms with Gasteiger partial charge in [0.2, 0.25) is 0 Å². The van der Waals surface area contributed by atoms with Gasteiger partial charge in [-0.1, -0.05) is 12.1 Å². The van der Waals surface area contributed by atoms with E-state index in [9.17, 15) is 4.79 Å². The van der Waals surface area contributed by atoms with Gasteiger partial charge in [0.15, 0.2) is 4.73 Å². The quantitative estimate of drug-likeness (QED) is 0.909. The summed E-state index contributed by atoms with van der Waals surface area (Å²) in [7, 11) is 1.57. The van der Waals surface area contributed by atoms with Crippen molar-refractivity contribution in [2.75, 3.05) is 7.11 Å². The third-order valence-electron chi connectivity index (χ3n) is 2.44. The molecule has 6 heteroatoms. The summed E-state index contributed by atoms with van der Waals surface area (Å²) in [5, 5.41) is 8.88. The molecule has 5 nitrogen and oxygen atoms in total. The average molecular weight is 311 g/mol. The number of carboxylic acid groups (broad SMARTS) is 1. The van der Waals surface area contributed by atoms with Crippen LogP contribution in [0.3, 0.4) is 0 Å². The van der Waals surface area contributed by atoms with Crippen molar-refractivity contribution in [2.45, 2.75) is 6.42 Å². The van der Waals surface area contributed by atoms with Crippen LogP contribution in [-0.4, -0.2) is 28.2 Å². The zero-order valence-corrected chi connectivity index (χ0v) is 11.2. The van der Waals surface area contributed by atoms with Gasteiger partial charge in [0, 0.05) is 5.56 Å². The fourth-order valence-electron chi connectivity index (χ4n) is 1.72. The summed E-state index contributed by atoms with van der Waals surface area (Å²) in [4.78, 5) is 18.0. The highest BCUT2D eigenvalue weighted by molar-refractivity contribution is 9.10. The molecule has 0 saturated heterocycles. The molecule has 0 spiro atoms. The molecule has 2 aromatic rings. The van der Waals surface area contributed by atoms with E-state index in [0.717, 1.165) is 5.56 Å². The second-order valence-corrected chi connectivity index (χ2v) is 4.38. The van der Waals surface area contributed by atoms with Crippen LogP contribution in [0.1, 0.15) is 5.69 Å². The van der Waals surface area contributed by atoms with Crippen LogP contribution >= 0.6 is 15.9 Å². The third kappa shape index (κ3) is 2.53. The largest absolute Gasteiger partial charge is 0.496 e. The number of ether oxygens (including phenoxy) is 1. The van der Waals surface area contributed by atoms with E-state index < -0.39 is 5.97 Å². The molecule has 1 aromatic carbocycles. The van der Waals surface area contributed by atoms with Gasteiger partial charge in [-0.15, -0.1) is 0 Å². The number of aromatic amines is 1. The molecule has 2 N–H and O–H groups in total. The number of carbonyl (C=O) groups is 1. The number of nitrogens with zero attached hydrogens (tertiary/aromatic N) is 1. The van der Waals surface area contributed by atoms with Gasteiger partial charge < -0.3 is 14.8 Å². The van der Waals surface area contributed by atoms with Crippen molar-refractivity contribution >= 4 is 21.9 Å². The van der Waals surface area contributed by atoms with Crippen LogP contribution in [0.25, 0.3) is 11.3 Å². The minimum Gasteiger partial charge on any atom is -0.496 e. The van der Waals surface area contributed by atoms with Crippen LogP contribution in [0.2, 0.25) is 0 Å². The summed E-state index contributed by atoms with van der Waals surface area (Å²) in [6.45, 7) is 0. The van der Waals surface area contributed by atoms with Crippen molar-refractivity contribution in [3.05, 3.63) is 34.7 Å².